The molecule has 0 aliphatic rings. The lowest BCUT2D eigenvalue weighted by Gasteiger charge is -2.12. The standard InChI is InChI=1S/C20H15ClFN3O3S/c1-10-6-13(14(28-2)7-11(10)21)24-16(26)8-25-9-23-18-17-12(22)4-3-5-15(17)29-19(18)20(25)27/h3-7,9H,8H2,1-2H3,(H,24,26). The van der Waals surface area contributed by atoms with Crippen LogP contribution >= 0.6 is 22.9 Å². The summed E-state index contributed by atoms with van der Waals surface area (Å²) in [5.41, 5.74) is 1.13. The second-order valence-corrected chi connectivity index (χ2v) is 7.88. The van der Waals surface area contributed by atoms with Crippen molar-refractivity contribution in [3.63, 3.8) is 0 Å². The molecule has 9 heteroatoms. The molecule has 6 nitrogen and oxygen atoms in total. The monoisotopic (exact) mass is 431 g/mol. The summed E-state index contributed by atoms with van der Waals surface area (Å²) in [4.78, 5) is 29.5. The van der Waals surface area contributed by atoms with E-state index < -0.39 is 17.3 Å². The Kier molecular flexibility index (Phi) is 4.97. The highest BCUT2D eigenvalue weighted by atomic mass is 35.5. The van der Waals surface area contributed by atoms with Crippen LogP contribution in [0.2, 0.25) is 5.02 Å². The maximum Gasteiger partial charge on any atom is 0.271 e. The Morgan fingerprint density at radius 1 is 1.38 bits per heavy atom. The SMILES string of the molecule is COc1cc(Cl)c(C)cc1NC(=O)Cn1cnc2c(sc3cccc(F)c32)c1=O. The van der Waals surface area contributed by atoms with E-state index in [2.05, 4.69) is 10.3 Å². The molecule has 0 aliphatic heterocycles. The van der Waals surface area contributed by atoms with Gasteiger partial charge in [0, 0.05) is 15.8 Å². The van der Waals surface area contributed by atoms with Crippen LogP contribution in [0.1, 0.15) is 5.56 Å². The van der Waals surface area contributed by atoms with Gasteiger partial charge in [-0.05, 0) is 30.7 Å². The predicted molar refractivity (Wildman–Crippen MR) is 113 cm³/mol. The summed E-state index contributed by atoms with van der Waals surface area (Å²) in [5, 5.41) is 3.56. The highest BCUT2D eigenvalue weighted by molar-refractivity contribution is 7.25. The third kappa shape index (κ3) is 3.45. The van der Waals surface area contributed by atoms with Crippen LogP contribution in [0.3, 0.4) is 0 Å². The zero-order valence-electron chi connectivity index (χ0n) is 15.5. The van der Waals surface area contributed by atoms with Crippen molar-refractivity contribution in [1.82, 2.24) is 9.55 Å². The number of aryl methyl sites for hydroxylation is 1. The Morgan fingerprint density at radius 3 is 2.93 bits per heavy atom. The highest BCUT2D eigenvalue weighted by Gasteiger charge is 2.16. The van der Waals surface area contributed by atoms with Crippen molar-refractivity contribution >= 4 is 54.8 Å². The number of nitrogens with one attached hydrogen (secondary N) is 1. The van der Waals surface area contributed by atoms with E-state index >= 15 is 0 Å². The fraction of sp³-hybridized carbons (Fsp3) is 0.150. The van der Waals surface area contributed by atoms with Gasteiger partial charge in [-0.1, -0.05) is 17.7 Å². The Labute approximate surface area is 173 Å². The number of aromatic nitrogens is 2. The minimum Gasteiger partial charge on any atom is -0.495 e. The largest absolute Gasteiger partial charge is 0.495 e. The second kappa shape index (κ2) is 7.46. The van der Waals surface area contributed by atoms with E-state index in [1.807, 2.05) is 0 Å². The number of carbonyl (C=O) groups excluding carboxylic acids is 1. The molecule has 0 unspecified atom stereocenters. The van der Waals surface area contributed by atoms with Gasteiger partial charge in [-0.2, -0.15) is 0 Å². The zero-order valence-corrected chi connectivity index (χ0v) is 17.0. The summed E-state index contributed by atoms with van der Waals surface area (Å²) in [5.74, 6) is -0.447. The predicted octanol–water partition coefficient (Wildman–Crippen LogP) is 4.36. The molecule has 4 rings (SSSR count). The van der Waals surface area contributed by atoms with E-state index in [0.717, 1.165) is 16.9 Å². The number of ether oxygens (including phenoxy) is 1. The quantitative estimate of drug-likeness (QED) is 0.521. The molecule has 4 aromatic rings. The average Bonchev–Trinajstić information content (AvgIpc) is 3.07. The van der Waals surface area contributed by atoms with Crippen molar-refractivity contribution in [3.8, 4) is 5.75 Å². The number of hydrogen-bond donors (Lipinski definition) is 1. The summed E-state index contributed by atoms with van der Waals surface area (Å²) in [6.07, 6.45) is 1.26. The minimum atomic E-state index is -0.430. The van der Waals surface area contributed by atoms with Crippen LogP contribution in [0.4, 0.5) is 10.1 Å². The third-order valence-corrected chi connectivity index (χ3v) is 6.03. The van der Waals surface area contributed by atoms with Crippen molar-refractivity contribution in [1.29, 1.82) is 0 Å². The number of amides is 1. The van der Waals surface area contributed by atoms with Gasteiger partial charge >= 0.3 is 0 Å². The first-order chi connectivity index (χ1) is 13.9. The van der Waals surface area contributed by atoms with Gasteiger partial charge in [-0.15, -0.1) is 11.3 Å². The lowest BCUT2D eigenvalue weighted by molar-refractivity contribution is -0.116. The van der Waals surface area contributed by atoms with Crippen molar-refractivity contribution in [2.75, 3.05) is 12.4 Å². The Morgan fingerprint density at radius 2 is 2.17 bits per heavy atom. The lowest BCUT2D eigenvalue weighted by Crippen LogP contribution is -2.27. The van der Waals surface area contributed by atoms with Gasteiger partial charge in [0.1, 0.15) is 22.8 Å². The number of methoxy groups -OCH3 is 1. The van der Waals surface area contributed by atoms with E-state index in [1.165, 1.54) is 24.1 Å². The first-order valence-electron chi connectivity index (χ1n) is 8.59. The topological polar surface area (TPSA) is 73.2 Å². The van der Waals surface area contributed by atoms with Crippen molar-refractivity contribution in [3.05, 3.63) is 63.4 Å². The Balaban J connectivity index is 1.66. The molecular formula is C20H15ClFN3O3S. The van der Waals surface area contributed by atoms with Crippen LogP contribution in [0.5, 0.6) is 5.75 Å². The zero-order chi connectivity index (χ0) is 20.7. The summed E-state index contributed by atoms with van der Waals surface area (Å²) < 4.78 is 21.5. The lowest BCUT2D eigenvalue weighted by atomic mass is 10.2. The van der Waals surface area contributed by atoms with Gasteiger partial charge in [0.05, 0.1) is 30.0 Å². The van der Waals surface area contributed by atoms with E-state index in [9.17, 15) is 14.0 Å². The van der Waals surface area contributed by atoms with Gasteiger partial charge in [0.2, 0.25) is 5.91 Å². The van der Waals surface area contributed by atoms with Crippen LogP contribution in [0, 0.1) is 12.7 Å². The Bertz CT molecular complexity index is 1330. The van der Waals surface area contributed by atoms with Gasteiger partial charge in [-0.3, -0.25) is 14.2 Å². The van der Waals surface area contributed by atoms with Gasteiger partial charge in [0.25, 0.3) is 5.56 Å². The number of benzene rings is 2. The maximum absolute atomic E-state index is 14.1. The summed E-state index contributed by atoms with van der Waals surface area (Å²) in [6, 6.07) is 7.95. The van der Waals surface area contributed by atoms with Crippen LogP contribution < -0.4 is 15.6 Å². The number of fused-ring (bicyclic) bond motifs is 3. The van der Waals surface area contributed by atoms with Gasteiger partial charge < -0.3 is 10.1 Å². The number of thiophene rings is 1. The molecule has 0 radical (unpaired) electrons. The average molecular weight is 432 g/mol. The van der Waals surface area contributed by atoms with E-state index in [-0.39, 0.29) is 6.54 Å². The van der Waals surface area contributed by atoms with Crippen molar-refractivity contribution in [2.24, 2.45) is 0 Å². The molecule has 0 bridgehead atoms. The molecule has 2 aromatic heterocycles. The van der Waals surface area contributed by atoms with Crippen LogP contribution in [0.15, 0.2) is 41.5 Å². The number of carbonyl (C=O) groups is 1. The van der Waals surface area contributed by atoms with Crippen LogP contribution in [-0.2, 0) is 11.3 Å². The van der Waals surface area contributed by atoms with Gasteiger partial charge in [0.15, 0.2) is 0 Å². The van der Waals surface area contributed by atoms with Crippen molar-refractivity contribution in [2.45, 2.75) is 13.5 Å². The van der Waals surface area contributed by atoms with E-state index in [0.29, 0.717) is 36.8 Å². The van der Waals surface area contributed by atoms with E-state index in [1.54, 1.807) is 31.2 Å². The minimum absolute atomic E-state index is 0.247. The summed E-state index contributed by atoms with van der Waals surface area (Å²) in [6.45, 7) is 1.56. The summed E-state index contributed by atoms with van der Waals surface area (Å²) in [7, 11) is 1.47. The molecule has 0 spiro atoms. The Hall–Kier alpha value is -2.97. The van der Waals surface area contributed by atoms with Crippen LogP contribution in [0.25, 0.3) is 20.3 Å². The van der Waals surface area contributed by atoms with E-state index in [4.69, 9.17) is 16.3 Å². The highest BCUT2D eigenvalue weighted by Crippen LogP contribution is 2.32. The molecule has 2 aromatic carbocycles. The molecule has 0 atom stereocenters. The number of rotatable bonds is 4. The maximum atomic E-state index is 14.1. The molecule has 0 saturated heterocycles. The normalized spacial score (nSPS) is 11.2. The molecule has 29 heavy (non-hydrogen) atoms. The third-order valence-electron chi connectivity index (χ3n) is 4.49. The number of hydrogen-bond acceptors (Lipinski definition) is 5. The number of nitrogens with zero attached hydrogens (tertiary/aromatic N) is 2. The fourth-order valence-electron chi connectivity index (χ4n) is 3.06. The fourth-order valence-corrected chi connectivity index (χ4v) is 4.33. The molecule has 2 heterocycles. The molecule has 0 saturated carbocycles. The molecule has 1 N–H and O–H groups in total. The first kappa shape index (κ1) is 19.4. The van der Waals surface area contributed by atoms with Gasteiger partial charge in [-0.25, -0.2) is 9.37 Å². The molecule has 1 amide bonds. The smallest absolute Gasteiger partial charge is 0.271 e. The number of anilines is 1. The molecular weight excluding hydrogens is 417 g/mol. The first-order valence-corrected chi connectivity index (χ1v) is 9.78. The summed E-state index contributed by atoms with van der Waals surface area (Å²) >= 11 is 7.23. The second-order valence-electron chi connectivity index (χ2n) is 6.42. The number of halogens is 2. The molecule has 0 fully saturated rings. The van der Waals surface area contributed by atoms with Crippen LogP contribution in [-0.4, -0.2) is 22.6 Å². The molecule has 148 valence electrons. The molecule has 0 aliphatic carbocycles. The van der Waals surface area contributed by atoms with Crippen molar-refractivity contribution < 1.29 is 13.9 Å².